The van der Waals surface area contributed by atoms with Gasteiger partial charge in [-0.3, -0.25) is 4.98 Å². The maximum absolute atomic E-state index is 5.41. The molecule has 0 fully saturated rings. The number of aryl methyl sites for hydroxylation is 1. The summed E-state index contributed by atoms with van der Waals surface area (Å²) in [5.41, 5.74) is 3.43. The van der Waals surface area contributed by atoms with Crippen molar-refractivity contribution in [2.24, 2.45) is 0 Å². The minimum atomic E-state index is 0.0545. The van der Waals surface area contributed by atoms with Crippen molar-refractivity contribution in [3.8, 4) is 11.5 Å². The summed E-state index contributed by atoms with van der Waals surface area (Å²) in [5.74, 6) is 1.64. The van der Waals surface area contributed by atoms with Crippen molar-refractivity contribution < 1.29 is 9.47 Å². The number of methoxy groups -OCH3 is 2. The molecular weight excluding hydrogens is 252 g/mol. The molecule has 0 aliphatic rings. The van der Waals surface area contributed by atoms with Gasteiger partial charge < -0.3 is 14.8 Å². The summed E-state index contributed by atoms with van der Waals surface area (Å²) in [5, 5.41) is 3.34. The molecule has 1 aromatic carbocycles. The molecule has 1 atom stereocenters. The normalized spacial score (nSPS) is 12.0. The number of benzene rings is 1. The van der Waals surface area contributed by atoms with E-state index in [1.165, 1.54) is 11.1 Å². The Bertz CT molecular complexity index is 584. The average Bonchev–Trinajstić information content (AvgIpc) is 2.50. The van der Waals surface area contributed by atoms with Gasteiger partial charge in [-0.25, -0.2) is 0 Å². The van der Waals surface area contributed by atoms with Gasteiger partial charge in [0.1, 0.15) is 11.5 Å². The Labute approximate surface area is 119 Å². The van der Waals surface area contributed by atoms with Gasteiger partial charge in [-0.15, -0.1) is 0 Å². The van der Waals surface area contributed by atoms with Crippen LogP contribution in [0.25, 0.3) is 0 Å². The summed E-state index contributed by atoms with van der Waals surface area (Å²) in [7, 11) is 5.28. The third-order valence-corrected chi connectivity index (χ3v) is 3.42. The molecule has 0 radical (unpaired) electrons. The summed E-state index contributed by atoms with van der Waals surface area (Å²) in [6.07, 6.45) is 3.51. The van der Waals surface area contributed by atoms with Crippen LogP contribution >= 0.6 is 0 Å². The Morgan fingerprint density at radius 3 is 2.50 bits per heavy atom. The molecule has 0 bridgehead atoms. The summed E-state index contributed by atoms with van der Waals surface area (Å²) < 4.78 is 10.7. The highest BCUT2D eigenvalue weighted by Gasteiger charge is 2.18. The zero-order chi connectivity index (χ0) is 14.5. The van der Waals surface area contributed by atoms with Gasteiger partial charge in [-0.05, 0) is 43.3 Å². The molecule has 1 aromatic heterocycles. The minimum absolute atomic E-state index is 0.0545. The second kappa shape index (κ2) is 6.39. The monoisotopic (exact) mass is 272 g/mol. The lowest BCUT2D eigenvalue weighted by Gasteiger charge is -2.21. The summed E-state index contributed by atoms with van der Waals surface area (Å²) in [6.45, 7) is 2.08. The van der Waals surface area contributed by atoms with Crippen LogP contribution in [0.4, 0.5) is 0 Å². The Hall–Kier alpha value is -2.07. The molecule has 1 heterocycles. The Balaban J connectivity index is 2.47. The van der Waals surface area contributed by atoms with Crippen LogP contribution in [0, 0.1) is 6.92 Å². The number of nitrogens with one attached hydrogen (secondary N) is 1. The van der Waals surface area contributed by atoms with Gasteiger partial charge in [-0.2, -0.15) is 0 Å². The third-order valence-electron chi connectivity index (χ3n) is 3.42. The van der Waals surface area contributed by atoms with E-state index in [2.05, 4.69) is 23.3 Å². The fourth-order valence-electron chi connectivity index (χ4n) is 2.38. The molecular formula is C16H20N2O2. The Morgan fingerprint density at radius 1 is 1.10 bits per heavy atom. The first-order valence-corrected chi connectivity index (χ1v) is 6.51. The van der Waals surface area contributed by atoms with Gasteiger partial charge >= 0.3 is 0 Å². The van der Waals surface area contributed by atoms with E-state index in [0.29, 0.717) is 0 Å². The molecule has 106 valence electrons. The molecule has 0 amide bonds. The first-order chi connectivity index (χ1) is 9.71. The van der Waals surface area contributed by atoms with Crippen molar-refractivity contribution in [1.82, 2.24) is 10.3 Å². The van der Waals surface area contributed by atoms with Crippen LogP contribution in [0.5, 0.6) is 11.5 Å². The zero-order valence-electron chi connectivity index (χ0n) is 12.3. The number of hydrogen-bond donors (Lipinski definition) is 1. The van der Waals surface area contributed by atoms with E-state index in [-0.39, 0.29) is 6.04 Å². The van der Waals surface area contributed by atoms with Crippen LogP contribution in [0.1, 0.15) is 22.7 Å². The van der Waals surface area contributed by atoms with Crippen molar-refractivity contribution in [2.45, 2.75) is 13.0 Å². The fraction of sp³-hybridized carbons (Fsp3) is 0.312. The Morgan fingerprint density at radius 2 is 1.90 bits per heavy atom. The van der Waals surface area contributed by atoms with Crippen LogP contribution in [-0.2, 0) is 0 Å². The Kier molecular flexibility index (Phi) is 4.58. The van der Waals surface area contributed by atoms with Gasteiger partial charge in [0.2, 0.25) is 0 Å². The minimum Gasteiger partial charge on any atom is -0.497 e. The number of rotatable bonds is 5. The van der Waals surface area contributed by atoms with E-state index in [0.717, 1.165) is 17.1 Å². The quantitative estimate of drug-likeness (QED) is 0.909. The molecule has 0 aliphatic carbocycles. The predicted molar refractivity (Wildman–Crippen MR) is 79.4 cm³/mol. The summed E-state index contributed by atoms with van der Waals surface area (Å²) >= 11 is 0. The second-order valence-corrected chi connectivity index (χ2v) is 4.56. The lowest BCUT2D eigenvalue weighted by molar-refractivity contribution is 0.403. The number of pyridine rings is 1. The number of hydrogen-bond acceptors (Lipinski definition) is 4. The molecule has 0 spiro atoms. The highest BCUT2D eigenvalue weighted by molar-refractivity contribution is 5.44. The molecule has 2 rings (SSSR count). The van der Waals surface area contributed by atoms with E-state index >= 15 is 0 Å². The predicted octanol–water partition coefficient (Wildman–Crippen LogP) is 2.72. The van der Waals surface area contributed by atoms with E-state index in [1.807, 2.05) is 25.2 Å². The maximum atomic E-state index is 5.41. The molecule has 4 heteroatoms. The molecule has 0 saturated heterocycles. The molecule has 4 nitrogen and oxygen atoms in total. The van der Waals surface area contributed by atoms with Crippen molar-refractivity contribution in [1.29, 1.82) is 0 Å². The van der Waals surface area contributed by atoms with Gasteiger partial charge in [0.25, 0.3) is 0 Å². The van der Waals surface area contributed by atoms with Gasteiger partial charge in [-0.1, -0.05) is 6.07 Å². The molecule has 2 aromatic rings. The van der Waals surface area contributed by atoms with Gasteiger partial charge in [0.15, 0.2) is 0 Å². The van der Waals surface area contributed by atoms with E-state index < -0.39 is 0 Å². The number of ether oxygens (including phenoxy) is 2. The lowest BCUT2D eigenvalue weighted by Crippen LogP contribution is -2.19. The SMILES string of the molecule is CNC(c1ccc(OC)cc1C)c1ccncc1OC. The molecule has 0 aliphatic heterocycles. The second-order valence-electron chi connectivity index (χ2n) is 4.56. The van der Waals surface area contributed by atoms with Crippen LogP contribution in [-0.4, -0.2) is 26.3 Å². The largest absolute Gasteiger partial charge is 0.497 e. The molecule has 20 heavy (non-hydrogen) atoms. The van der Waals surface area contributed by atoms with Gasteiger partial charge in [0, 0.05) is 11.8 Å². The van der Waals surface area contributed by atoms with Crippen LogP contribution in [0.3, 0.4) is 0 Å². The van der Waals surface area contributed by atoms with Crippen molar-refractivity contribution in [2.75, 3.05) is 21.3 Å². The highest BCUT2D eigenvalue weighted by Crippen LogP contribution is 2.31. The lowest BCUT2D eigenvalue weighted by atomic mass is 9.95. The topological polar surface area (TPSA) is 43.4 Å². The molecule has 1 unspecified atom stereocenters. The molecule has 0 saturated carbocycles. The highest BCUT2D eigenvalue weighted by atomic mass is 16.5. The van der Waals surface area contributed by atoms with Crippen LogP contribution in [0.15, 0.2) is 36.7 Å². The van der Waals surface area contributed by atoms with Crippen LogP contribution in [0.2, 0.25) is 0 Å². The average molecular weight is 272 g/mol. The summed E-state index contributed by atoms with van der Waals surface area (Å²) in [6, 6.07) is 8.12. The first kappa shape index (κ1) is 14.3. The van der Waals surface area contributed by atoms with Gasteiger partial charge in [0.05, 0.1) is 26.5 Å². The van der Waals surface area contributed by atoms with Crippen LogP contribution < -0.4 is 14.8 Å². The van der Waals surface area contributed by atoms with Crippen molar-refractivity contribution in [3.05, 3.63) is 53.3 Å². The summed E-state index contributed by atoms with van der Waals surface area (Å²) in [4.78, 5) is 4.10. The standard InChI is InChI=1S/C16H20N2O2/c1-11-9-12(19-3)5-6-13(11)16(17-2)14-7-8-18-10-15(14)20-4/h5-10,16-17H,1-4H3. The van der Waals surface area contributed by atoms with Crippen molar-refractivity contribution >= 4 is 0 Å². The third kappa shape index (κ3) is 2.75. The first-order valence-electron chi connectivity index (χ1n) is 6.51. The van der Waals surface area contributed by atoms with Crippen molar-refractivity contribution in [3.63, 3.8) is 0 Å². The molecule has 1 N–H and O–H groups in total. The zero-order valence-corrected chi connectivity index (χ0v) is 12.3. The van der Waals surface area contributed by atoms with E-state index in [9.17, 15) is 0 Å². The van der Waals surface area contributed by atoms with E-state index in [1.54, 1.807) is 26.6 Å². The number of nitrogens with zero attached hydrogens (tertiary/aromatic N) is 1. The fourth-order valence-corrected chi connectivity index (χ4v) is 2.38. The van der Waals surface area contributed by atoms with E-state index in [4.69, 9.17) is 9.47 Å². The smallest absolute Gasteiger partial charge is 0.142 e. The maximum Gasteiger partial charge on any atom is 0.142 e. The number of aromatic nitrogens is 1.